The summed E-state index contributed by atoms with van der Waals surface area (Å²) in [4.78, 5) is 6.62. The third-order valence-electron chi connectivity index (χ3n) is 5.19. The molecule has 0 spiro atoms. The van der Waals surface area contributed by atoms with Gasteiger partial charge in [0, 0.05) is 35.9 Å². The van der Waals surface area contributed by atoms with E-state index >= 15 is 0 Å². The molecule has 1 aliphatic heterocycles. The maximum absolute atomic E-state index is 4.17. The number of fused-ring (bicyclic) bond motifs is 3. The van der Waals surface area contributed by atoms with Gasteiger partial charge in [0.2, 0.25) is 0 Å². The van der Waals surface area contributed by atoms with Gasteiger partial charge in [-0.05, 0) is 62.6 Å². The summed E-state index contributed by atoms with van der Waals surface area (Å²) in [5.74, 6) is 3.30. The first-order valence-electron chi connectivity index (χ1n) is 8.95. The standard InChI is InChI=1S/C22H23N3/c1-4-20-22-18(10-12-24(20)3)19-14-16(2)7-8-21(19)25(22)13-9-17-6-5-11-23-15-17/h5-8,11,14-15,20H,4,10,12H2,1-3H3. The quantitative estimate of drug-likeness (QED) is 0.626. The minimum absolute atomic E-state index is 0.416. The number of rotatable bonds is 1. The van der Waals surface area contributed by atoms with Crippen LogP contribution in [0.4, 0.5) is 0 Å². The van der Waals surface area contributed by atoms with Crippen molar-refractivity contribution in [1.29, 1.82) is 0 Å². The van der Waals surface area contributed by atoms with E-state index in [1.165, 1.54) is 27.7 Å². The molecule has 126 valence electrons. The van der Waals surface area contributed by atoms with Gasteiger partial charge in [-0.1, -0.05) is 18.6 Å². The van der Waals surface area contributed by atoms with Crippen LogP contribution < -0.4 is 0 Å². The molecule has 1 aliphatic rings. The molecule has 0 fully saturated rings. The van der Waals surface area contributed by atoms with Gasteiger partial charge >= 0.3 is 0 Å². The molecule has 0 N–H and O–H groups in total. The molecule has 1 atom stereocenters. The highest BCUT2D eigenvalue weighted by Gasteiger charge is 2.29. The number of hydrogen-bond acceptors (Lipinski definition) is 2. The lowest BCUT2D eigenvalue weighted by Gasteiger charge is -2.32. The van der Waals surface area contributed by atoms with Crippen LogP contribution in [0.1, 0.15) is 41.8 Å². The minimum atomic E-state index is 0.416. The molecule has 4 rings (SSSR count). The first kappa shape index (κ1) is 15.9. The van der Waals surface area contributed by atoms with Gasteiger partial charge in [0.15, 0.2) is 0 Å². The van der Waals surface area contributed by atoms with Crippen molar-refractivity contribution in [3.05, 3.63) is 65.1 Å². The van der Waals surface area contributed by atoms with Crippen LogP contribution in [0.2, 0.25) is 0 Å². The molecule has 1 unspecified atom stereocenters. The van der Waals surface area contributed by atoms with Gasteiger partial charge in [-0.25, -0.2) is 0 Å². The topological polar surface area (TPSA) is 21.1 Å². The maximum atomic E-state index is 4.17. The van der Waals surface area contributed by atoms with Gasteiger partial charge in [-0.3, -0.25) is 14.5 Å². The van der Waals surface area contributed by atoms with Crippen LogP contribution in [-0.4, -0.2) is 28.0 Å². The van der Waals surface area contributed by atoms with E-state index in [-0.39, 0.29) is 0 Å². The van der Waals surface area contributed by atoms with Crippen molar-refractivity contribution >= 4 is 10.9 Å². The zero-order valence-electron chi connectivity index (χ0n) is 15.1. The number of hydrogen-bond donors (Lipinski definition) is 0. The first-order chi connectivity index (χ1) is 12.2. The van der Waals surface area contributed by atoms with Crippen molar-refractivity contribution in [3.8, 4) is 12.0 Å². The summed E-state index contributed by atoms with van der Waals surface area (Å²) in [5, 5.41) is 1.36. The Labute approximate surface area is 149 Å². The van der Waals surface area contributed by atoms with E-state index in [2.05, 4.69) is 65.5 Å². The summed E-state index contributed by atoms with van der Waals surface area (Å²) in [6, 6.07) is 14.5. The number of pyridine rings is 1. The molecule has 0 saturated carbocycles. The van der Waals surface area contributed by atoms with E-state index in [9.17, 15) is 0 Å². The van der Waals surface area contributed by atoms with Gasteiger partial charge in [-0.15, -0.1) is 0 Å². The molecule has 0 bridgehead atoms. The number of nitrogens with zero attached hydrogens (tertiary/aromatic N) is 3. The van der Waals surface area contributed by atoms with E-state index in [1.54, 1.807) is 6.20 Å². The second kappa shape index (κ2) is 6.38. The number of likely N-dealkylation sites (N-methyl/N-ethyl adjacent to an activating group) is 1. The summed E-state index contributed by atoms with van der Waals surface area (Å²) in [6.45, 7) is 5.53. The highest BCUT2D eigenvalue weighted by molar-refractivity contribution is 5.87. The number of benzene rings is 1. The molecule has 0 amide bonds. The molecule has 3 nitrogen and oxygen atoms in total. The Hall–Kier alpha value is -2.57. The number of aromatic nitrogens is 2. The van der Waals surface area contributed by atoms with Crippen molar-refractivity contribution in [2.75, 3.05) is 13.6 Å². The molecule has 2 aromatic heterocycles. The van der Waals surface area contributed by atoms with Crippen molar-refractivity contribution < 1.29 is 0 Å². The average Bonchev–Trinajstić information content (AvgIpc) is 2.93. The third-order valence-corrected chi connectivity index (χ3v) is 5.19. The predicted molar refractivity (Wildman–Crippen MR) is 103 cm³/mol. The van der Waals surface area contributed by atoms with Crippen LogP contribution in [0.25, 0.3) is 10.9 Å². The lowest BCUT2D eigenvalue weighted by molar-refractivity contribution is 0.219. The van der Waals surface area contributed by atoms with Crippen molar-refractivity contribution in [3.63, 3.8) is 0 Å². The average molecular weight is 329 g/mol. The Bertz CT molecular complexity index is 973. The minimum Gasteiger partial charge on any atom is -0.298 e. The largest absolute Gasteiger partial charge is 0.298 e. The van der Waals surface area contributed by atoms with E-state index < -0.39 is 0 Å². The Balaban J connectivity index is 1.97. The molecule has 0 radical (unpaired) electrons. The molecule has 3 heterocycles. The fraction of sp³-hybridized carbons (Fsp3) is 0.318. The zero-order chi connectivity index (χ0) is 17.4. The Morgan fingerprint density at radius 2 is 2.16 bits per heavy atom. The van der Waals surface area contributed by atoms with E-state index in [1.807, 2.05) is 18.3 Å². The lowest BCUT2D eigenvalue weighted by atomic mass is 9.96. The smallest absolute Gasteiger partial charge is 0.0618 e. The Morgan fingerprint density at radius 1 is 1.28 bits per heavy atom. The summed E-state index contributed by atoms with van der Waals surface area (Å²) < 4.78 is 2.22. The van der Waals surface area contributed by atoms with Gasteiger partial charge in [0.25, 0.3) is 0 Å². The molecule has 0 saturated heterocycles. The highest BCUT2D eigenvalue weighted by Crippen LogP contribution is 2.37. The lowest BCUT2D eigenvalue weighted by Crippen LogP contribution is -2.32. The predicted octanol–water partition coefficient (Wildman–Crippen LogP) is 4.14. The normalized spacial score (nSPS) is 17.2. The fourth-order valence-electron chi connectivity index (χ4n) is 3.94. The molecule has 3 heteroatoms. The van der Waals surface area contributed by atoms with E-state index in [0.29, 0.717) is 6.04 Å². The van der Waals surface area contributed by atoms with Crippen LogP contribution in [0.3, 0.4) is 0 Å². The maximum Gasteiger partial charge on any atom is 0.0618 e. The van der Waals surface area contributed by atoms with Crippen LogP contribution in [0, 0.1) is 18.9 Å². The second-order valence-electron chi connectivity index (χ2n) is 6.85. The van der Waals surface area contributed by atoms with Gasteiger partial charge < -0.3 is 0 Å². The van der Waals surface area contributed by atoms with E-state index in [4.69, 9.17) is 0 Å². The first-order valence-corrected chi connectivity index (χ1v) is 8.95. The molecule has 3 aromatic rings. The van der Waals surface area contributed by atoms with Crippen LogP contribution in [-0.2, 0) is 6.42 Å². The van der Waals surface area contributed by atoms with Gasteiger partial charge in [0.05, 0.1) is 17.3 Å². The van der Waals surface area contributed by atoms with E-state index in [0.717, 1.165) is 24.9 Å². The van der Waals surface area contributed by atoms with Crippen molar-refractivity contribution in [2.45, 2.75) is 32.7 Å². The summed E-state index contributed by atoms with van der Waals surface area (Å²) >= 11 is 0. The summed E-state index contributed by atoms with van der Waals surface area (Å²) in [6.07, 6.45) is 5.78. The summed E-state index contributed by atoms with van der Waals surface area (Å²) in [7, 11) is 2.22. The third kappa shape index (κ3) is 2.73. The molecular weight excluding hydrogens is 306 g/mol. The Morgan fingerprint density at radius 3 is 2.92 bits per heavy atom. The van der Waals surface area contributed by atoms with Crippen LogP contribution in [0.5, 0.6) is 0 Å². The van der Waals surface area contributed by atoms with Crippen molar-refractivity contribution in [2.24, 2.45) is 0 Å². The van der Waals surface area contributed by atoms with Gasteiger partial charge in [0.1, 0.15) is 0 Å². The van der Waals surface area contributed by atoms with Crippen LogP contribution in [0.15, 0.2) is 42.7 Å². The van der Waals surface area contributed by atoms with Crippen LogP contribution >= 0.6 is 0 Å². The van der Waals surface area contributed by atoms with Crippen molar-refractivity contribution in [1.82, 2.24) is 14.5 Å². The second-order valence-corrected chi connectivity index (χ2v) is 6.85. The number of aryl methyl sites for hydroxylation is 1. The fourth-order valence-corrected chi connectivity index (χ4v) is 3.94. The molecule has 0 aliphatic carbocycles. The highest BCUT2D eigenvalue weighted by atomic mass is 15.2. The monoisotopic (exact) mass is 329 g/mol. The molecule has 1 aromatic carbocycles. The Kier molecular flexibility index (Phi) is 4.07. The molecular formula is C22H23N3. The SMILES string of the molecule is CCC1c2c(c3cc(C)ccc3n2C#Cc2cccnc2)CCN1C. The van der Waals surface area contributed by atoms with Gasteiger partial charge in [-0.2, -0.15) is 0 Å². The molecule has 25 heavy (non-hydrogen) atoms. The zero-order valence-corrected chi connectivity index (χ0v) is 15.1. The summed E-state index contributed by atoms with van der Waals surface area (Å²) in [5.41, 5.74) is 6.32.